The highest BCUT2D eigenvalue weighted by Gasteiger charge is 2.26. The van der Waals surface area contributed by atoms with Crippen molar-refractivity contribution in [2.75, 3.05) is 7.05 Å². The standard InChI is InChI=1S/C17H23NO/c1-12-7-6-10-14-11-15(19-17(12)14)16(18-2)13-8-4-3-5-9-13/h6-7,10-11,13,16,18H,3-5,8-9H2,1-2H3. The summed E-state index contributed by atoms with van der Waals surface area (Å²) in [6.45, 7) is 2.12. The molecule has 1 unspecified atom stereocenters. The fourth-order valence-electron chi connectivity index (χ4n) is 3.46. The second-order valence-electron chi connectivity index (χ2n) is 5.81. The van der Waals surface area contributed by atoms with Crippen molar-refractivity contribution in [3.05, 3.63) is 35.6 Å². The number of rotatable bonds is 3. The van der Waals surface area contributed by atoms with Crippen LogP contribution in [0, 0.1) is 12.8 Å². The van der Waals surface area contributed by atoms with Gasteiger partial charge in [0.25, 0.3) is 0 Å². The third-order valence-corrected chi connectivity index (χ3v) is 4.50. The zero-order valence-electron chi connectivity index (χ0n) is 11.9. The molecule has 0 spiro atoms. The molecule has 0 amide bonds. The van der Waals surface area contributed by atoms with Gasteiger partial charge < -0.3 is 9.73 Å². The fourth-order valence-corrected chi connectivity index (χ4v) is 3.46. The van der Waals surface area contributed by atoms with Gasteiger partial charge in [-0.1, -0.05) is 37.5 Å². The third kappa shape index (κ3) is 2.42. The number of para-hydroxylation sites is 1. The van der Waals surface area contributed by atoms with E-state index in [0.717, 1.165) is 17.3 Å². The Labute approximate surface area is 115 Å². The largest absolute Gasteiger partial charge is 0.459 e. The van der Waals surface area contributed by atoms with E-state index < -0.39 is 0 Å². The molecule has 19 heavy (non-hydrogen) atoms. The summed E-state index contributed by atoms with van der Waals surface area (Å²) in [4.78, 5) is 0. The lowest BCUT2D eigenvalue weighted by Crippen LogP contribution is -2.26. The van der Waals surface area contributed by atoms with Crippen molar-refractivity contribution in [2.24, 2.45) is 5.92 Å². The van der Waals surface area contributed by atoms with Crippen LogP contribution < -0.4 is 5.32 Å². The number of nitrogens with one attached hydrogen (secondary N) is 1. The van der Waals surface area contributed by atoms with Crippen molar-refractivity contribution >= 4 is 11.0 Å². The van der Waals surface area contributed by atoms with Crippen LogP contribution in [0.1, 0.15) is 49.5 Å². The zero-order valence-corrected chi connectivity index (χ0v) is 11.9. The van der Waals surface area contributed by atoms with Crippen molar-refractivity contribution in [2.45, 2.75) is 45.1 Å². The lowest BCUT2D eigenvalue weighted by molar-refractivity contribution is 0.257. The third-order valence-electron chi connectivity index (χ3n) is 4.50. The highest BCUT2D eigenvalue weighted by Crippen LogP contribution is 2.36. The highest BCUT2D eigenvalue weighted by atomic mass is 16.3. The first kappa shape index (κ1) is 12.7. The molecule has 1 N–H and O–H groups in total. The van der Waals surface area contributed by atoms with Crippen LogP contribution in [0.2, 0.25) is 0 Å². The van der Waals surface area contributed by atoms with Crippen LogP contribution in [0.4, 0.5) is 0 Å². The summed E-state index contributed by atoms with van der Waals surface area (Å²) in [5, 5.41) is 4.70. The molecule has 2 aromatic rings. The molecule has 1 saturated carbocycles. The van der Waals surface area contributed by atoms with E-state index in [1.54, 1.807) is 0 Å². The molecule has 1 aliphatic carbocycles. The van der Waals surface area contributed by atoms with Gasteiger partial charge in [0.1, 0.15) is 11.3 Å². The number of fused-ring (bicyclic) bond motifs is 1. The van der Waals surface area contributed by atoms with Gasteiger partial charge in [-0.3, -0.25) is 0 Å². The fraction of sp³-hybridized carbons (Fsp3) is 0.529. The molecule has 1 aromatic carbocycles. The smallest absolute Gasteiger partial charge is 0.137 e. The van der Waals surface area contributed by atoms with Crippen LogP contribution in [0.3, 0.4) is 0 Å². The predicted octanol–water partition coefficient (Wildman–Crippen LogP) is 4.58. The summed E-state index contributed by atoms with van der Waals surface area (Å²) < 4.78 is 6.14. The van der Waals surface area contributed by atoms with Crippen LogP contribution in [0.25, 0.3) is 11.0 Å². The van der Waals surface area contributed by atoms with Crippen LogP contribution in [-0.2, 0) is 0 Å². The molecule has 2 nitrogen and oxygen atoms in total. The maximum atomic E-state index is 6.14. The Balaban J connectivity index is 1.94. The van der Waals surface area contributed by atoms with E-state index >= 15 is 0 Å². The molecule has 1 aromatic heterocycles. The Morgan fingerprint density at radius 1 is 1.21 bits per heavy atom. The molecule has 0 bridgehead atoms. The molecule has 0 aliphatic heterocycles. The van der Waals surface area contributed by atoms with E-state index in [2.05, 4.69) is 43.6 Å². The SMILES string of the molecule is CNC(c1cc2cccc(C)c2o1)C1CCCCC1. The maximum absolute atomic E-state index is 6.14. The number of hydrogen-bond donors (Lipinski definition) is 1. The molecule has 0 radical (unpaired) electrons. The summed E-state index contributed by atoms with van der Waals surface area (Å²) in [6, 6.07) is 8.95. The minimum Gasteiger partial charge on any atom is -0.459 e. The van der Waals surface area contributed by atoms with Crippen molar-refractivity contribution in [3.63, 3.8) is 0 Å². The Bertz CT molecular complexity index is 551. The van der Waals surface area contributed by atoms with E-state index in [1.165, 1.54) is 43.1 Å². The summed E-state index contributed by atoms with van der Waals surface area (Å²) in [6.07, 6.45) is 6.76. The van der Waals surface area contributed by atoms with Crippen LogP contribution in [-0.4, -0.2) is 7.05 Å². The minimum atomic E-state index is 0.368. The first-order chi connectivity index (χ1) is 9.29. The number of furan rings is 1. The maximum Gasteiger partial charge on any atom is 0.137 e. The molecule has 102 valence electrons. The van der Waals surface area contributed by atoms with Gasteiger partial charge in [0, 0.05) is 5.39 Å². The molecular formula is C17H23NO. The van der Waals surface area contributed by atoms with Gasteiger partial charge in [0.2, 0.25) is 0 Å². The van der Waals surface area contributed by atoms with Gasteiger partial charge in [-0.15, -0.1) is 0 Å². The topological polar surface area (TPSA) is 25.2 Å². The summed E-state index contributed by atoms with van der Waals surface area (Å²) in [7, 11) is 2.05. The monoisotopic (exact) mass is 257 g/mol. The molecular weight excluding hydrogens is 234 g/mol. The van der Waals surface area contributed by atoms with E-state index in [9.17, 15) is 0 Å². The van der Waals surface area contributed by atoms with E-state index in [0.29, 0.717) is 6.04 Å². The van der Waals surface area contributed by atoms with Gasteiger partial charge in [-0.2, -0.15) is 0 Å². The first-order valence-electron chi connectivity index (χ1n) is 7.46. The quantitative estimate of drug-likeness (QED) is 0.870. The van der Waals surface area contributed by atoms with Crippen molar-refractivity contribution in [3.8, 4) is 0 Å². The van der Waals surface area contributed by atoms with Crippen molar-refractivity contribution in [1.29, 1.82) is 0 Å². The van der Waals surface area contributed by atoms with Crippen molar-refractivity contribution < 1.29 is 4.42 Å². The van der Waals surface area contributed by atoms with Crippen molar-refractivity contribution in [1.82, 2.24) is 5.32 Å². The van der Waals surface area contributed by atoms with Gasteiger partial charge >= 0.3 is 0 Å². The van der Waals surface area contributed by atoms with Gasteiger partial charge in [-0.05, 0) is 44.4 Å². The lowest BCUT2D eigenvalue weighted by Gasteiger charge is -2.28. The average Bonchev–Trinajstić information content (AvgIpc) is 2.86. The Morgan fingerprint density at radius 3 is 2.68 bits per heavy atom. The molecule has 1 fully saturated rings. The number of aryl methyl sites for hydroxylation is 1. The number of benzene rings is 1. The van der Waals surface area contributed by atoms with E-state index in [4.69, 9.17) is 4.42 Å². The lowest BCUT2D eigenvalue weighted by atomic mass is 9.83. The Kier molecular flexibility index (Phi) is 3.61. The van der Waals surface area contributed by atoms with E-state index in [1.807, 2.05) is 0 Å². The first-order valence-corrected chi connectivity index (χ1v) is 7.46. The Hall–Kier alpha value is -1.28. The second-order valence-corrected chi connectivity index (χ2v) is 5.81. The second kappa shape index (κ2) is 5.38. The molecule has 0 saturated heterocycles. The van der Waals surface area contributed by atoms with Gasteiger partial charge in [-0.25, -0.2) is 0 Å². The molecule has 1 heterocycles. The van der Waals surface area contributed by atoms with Gasteiger partial charge in [0.15, 0.2) is 0 Å². The molecule has 1 aliphatic rings. The Morgan fingerprint density at radius 2 is 2.00 bits per heavy atom. The molecule has 1 atom stereocenters. The van der Waals surface area contributed by atoms with Crippen LogP contribution in [0.5, 0.6) is 0 Å². The highest BCUT2D eigenvalue weighted by molar-refractivity contribution is 5.81. The summed E-state index contributed by atoms with van der Waals surface area (Å²) >= 11 is 0. The normalized spacial score (nSPS) is 18.8. The minimum absolute atomic E-state index is 0.368. The van der Waals surface area contributed by atoms with Crippen LogP contribution in [0.15, 0.2) is 28.7 Å². The molecule has 3 rings (SSSR count). The molecule has 2 heteroatoms. The summed E-state index contributed by atoms with van der Waals surface area (Å²) in [5.41, 5.74) is 2.27. The predicted molar refractivity (Wildman–Crippen MR) is 79.3 cm³/mol. The van der Waals surface area contributed by atoms with Crippen LogP contribution >= 0.6 is 0 Å². The summed E-state index contributed by atoms with van der Waals surface area (Å²) in [5.74, 6) is 1.83. The average molecular weight is 257 g/mol. The number of hydrogen-bond acceptors (Lipinski definition) is 2. The van der Waals surface area contributed by atoms with Gasteiger partial charge in [0.05, 0.1) is 6.04 Å². The van der Waals surface area contributed by atoms with E-state index in [-0.39, 0.29) is 0 Å². The zero-order chi connectivity index (χ0) is 13.2.